The Labute approximate surface area is 139 Å². The summed E-state index contributed by atoms with van der Waals surface area (Å²) in [6, 6.07) is 0. The van der Waals surface area contributed by atoms with Crippen molar-refractivity contribution in [1.82, 2.24) is 0 Å². The molecule has 128 valence electrons. The molecule has 3 fully saturated rings. The molecule has 6 atom stereocenters. The molecule has 0 unspecified atom stereocenters. The van der Waals surface area contributed by atoms with Crippen LogP contribution in [-0.2, 0) is 0 Å². The van der Waals surface area contributed by atoms with E-state index in [0.29, 0.717) is 5.41 Å². The van der Waals surface area contributed by atoms with Crippen molar-refractivity contribution in [3.63, 3.8) is 0 Å². The lowest BCUT2D eigenvalue weighted by Crippen LogP contribution is -2.46. The van der Waals surface area contributed by atoms with Gasteiger partial charge in [0.15, 0.2) is 0 Å². The SMILES string of the molecule is CCCC[C@@H]1CC[C@@H]2C[C@@H]3CC[C@H](CCCC)[C@@H]3C(C)(C)[C@H]12. The van der Waals surface area contributed by atoms with Crippen LogP contribution in [0.15, 0.2) is 0 Å². The van der Waals surface area contributed by atoms with Crippen LogP contribution in [0.4, 0.5) is 0 Å². The van der Waals surface area contributed by atoms with Gasteiger partial charge in [-0.3, -0.25) is 0 Å². The summed E-state index contributed by atoms with van der Waals surface area (Å²) < 4.78 is 0. The van der Waals surface area contributed by atoms with Gasteiger partial charge in [0.2, 0.25) is 0 Å². The molecule has 22 heavy (non-hydrogen) atoms. The minimum Gasteiger partial charge on any atom is -0.0654 e. The molecule has 0 aliphatic heterocycles. The Morgan fingerprint density at radius 3 is 1.59 bits per heavy atom. The normalized spacial score (nSPS) is 43.1. The highest BCUT2D eigenvalue weighted by Crippen LogP contribution is 2.65. The second kappa shape index (κ2) is 6.86. The zero-order valence-corrected chi connectivity index (χ0v) is 15.7. The number of hydrogen-bond acceptors (Lipinski definition) is 0. The number of fused-ring (bicyclic) bond motifs is 2. The third-order valence-electron chi connectivity index (χ3n) is 8.03. The number of unbranched alkanes of at least 4 members (excludes halogenated alkanes) is 2. The smallest absolute Gasteiger partial charge is 0.0287 e. The van der Waals surface area contributed by atoms with Crippen molar-refractivity contribution < 1.29 is 0 Å². The van der Waals surface area contributed by atoms with E-state index in [1.165, 1.54) is 38.5 Å². The summed E-state index contributed by atoms with van der Waals surface area (Å²) in [6.45, 7) is 10.1. The molecule has 3 aliphatic carbocycles. The molecular formula is C22H40. The molecule has 0 saturated heterocycles. The summed E-state index contributed by atoms with van der Waals surface area (Å²) >= 11 is 0. The van der Waals surface area contributed by atoms with Crippen LogP contribution in [0.1, 0.15) is 98.3 Å². The van der Waals surface area contributed by atoms with E-state index >= 15 is 0 Å². The first-order valence-electron chi connectivity index (χ1n) is 10.6. The third-order valence-corrected chi connectivity index (χ3v) is 8.03. The minimum atomic E-state index is 0.622. The summed E-state index contributed by atoms with van der Waals surface area (Å²) in [7, 11) is 0. The highest BCUT2D eigenvalue weighted by molar-refractivity contribution is 5.06. The molecule has 0 aromatic heterocycles. The Morgan fingerprint density at radius 2 is 1.18 bits per heavy atom. The molecule has 0 bridgehead atoms. The van der Waals surface area contributed by atoms with E-state index in [-0.39, 0.29) is 0 Å². The molecule has 3 aliphatic rings. The highest BCUT2D eigenvalue weighted by Gasteiger charge is 2.57. The molecule has 3 saturated carbocycles. The van der Waals surface area contributed by atoms with Crippen LogP contribution in [0.25, 0.3) is 0 Å². The first-order chi connectivity index (χ1) is 10.6. The monoisotopic (exact) mass is 304 g/mol. The Hall–Kier alpha value is 0. The van der Waals surface area contributed by atoms with Crippen LogP contribution in [0.5, 0.6) is 0 Å². The van der Waals surface area contributed by atoms with Crippen LogP contribution in [0.2, 0.25) is 0 Å². The summed E-state index contributed by atoms with van der Waals surface area (Å²) in [6.07, 6.45) is 16.6. The Morgan fingerprint density at radius 1 is 0.727 bits per heavy atom. The predicted molar refractivity (Wildman–Crippen MR) is 96.9 cm³/mol. The highest BCUT2D eigenvalue weighted by atomic mass is 14.6. The van der Waals surface area contributed by atoms with Crippen LogP contribution >= 0.6 is 0 Å². The van der Waals surface area contributed by atoms with Crippen molar-refractivity contribution in [3.8, 4) is 0 Å². The molecule has 0 nitrogen and oxygen atoms in total. The second-order valence-electron chi connectivity index (χ2n) is 9.59. The maximum atomic E-state index is 2.69. The van der Waals surface area contributed by atoms with Crippen molar-refractivity contribution in [1.29, 1.82) is 0 Å². The van der Waals surface area contributed by atoms with E-state index < -0.39 is 0 Å². The van der Waals surface area contributed by atoms with Gasteiger partial charge < -0.3 is 0 Å². The maximum Gasteiger partial charge on any atom is -0.0287 e. The second-order valence-corrected chi connectivity index (χ2v) is 9.59. The molecule has 0 heteroatoms. The Kier molecular flexibility index (Phi) is 5.25. The van der Waals surface area contributed by atoms with Crippen molar-refractivity contribution in [2.75, 3.05) is 0 Å². The third kappa shape index (κ3) is 2.89. The van der Waals surface area contributed by atoms with E-state index in [0.717, 1.165) is 35.5 Å². The summed E-state index contributed by atoms with van der Waals surface area (Å²) in [5, 5.41) is 0. The summed E-state index contributed by atoms with van der Waals surface area (Å²) in [5.41, 5.74) is 0.622. The first-order valence-corrected chi connectivity index (χ1v) is 10.6. The van der Waals surface area contributed by atoms with Crippen molar-refractivity contribution in [2.45, 2.75) is 98.3 Å². The molecule has 0 spiro atoms. The molecular weight excluding hydrogens is 264 g/mol. The fourth-order valence-electron chi connectivity index (χ4n) is 7.49. The van der Waals surface area contributed by atoms with E-state index in [1.807, 2.05) is 0 Å². The zero-order chi connectivity index (χ0) is 15.7. The van der Waals surface area contributed by atoms with Gasteiger partial charge in [0.05, 0.1) is 0 Å². The van der Waals surface area contributed by atoms with Gasteiger partial charge in [-0.25, -0.2) is 0 Å². The molecule has 3 rings (SSSR count). The quantitative estimate of drug-likeness (QED) is 0.491. The summed E-state index contributed by atoms with van der Waals surface area (Å²) in [4.78, 5) is 0. The van der Waals surface area contributed by atoms with Gasteiger partial charge in [0.25, 0.3) is 0 Å². The maximum absolute atomic E-state index is 2.69. The molecule has 0 aromatic carbocycles. The molecule has 0 N–H and O–H groups in total. The fourth-order valence-corrected chi connectivity index (χ4v) is 7.49. The van der Waals surface area contributed by atoms with Gasteiger partial charge in [-0.15, -0.1) is 0 Å². The first kappa shape index (κ1) is 16.8. The fraction of sp³-hybridized carbons (Fsp3) is 1.00. The standard InChI is InChI=1S/C22H40/c1-5-7-9-16-11-13-18-15-19-14-12-17(10-8-6-2)21(19)22(3,4)20(16)18/h16-21H,5-15H2,1-4H3/t16-,17+,18-,19+,20-,21+. The van der Waals surface area contributed by atoms with Crippen molar-refractivity contribution >= 4 is 0 Å². The van der Waals surface area contributed by atoms with Crippen molar-refractivity contribution in [2.24, 2.45) is 40.9 Å². The summed E-state index contributed by atoms with van der Waals surface area (Å²) in [5.74, 6) is 6.41. The van der Waals surface area contributed by atoms with E-state index in [1.54, 1.807) is 32.1 Å². The average Bonchev–Trinajstić information content (AvgIpc) is 3.08. The lowest BCUT2D eigenvalue weighted by molar-refractivity contribution is -0.0432. The van der Waals surface area contributed by atoms with Gasteiger partial charge in [0, 0.05) is 0 Å². The Bertz CT molecular complexity index is 323. The van der Waals surface area contributed by atoms with Gasteiger partial charge in [-0.1, -0.05) is 66.2 Å². The predicted octanol–water partition coefficient (Wildman–Crippen LogP) is 7.08. The van der Waals surface area contributed by atoms with Crippen LogP contribution in [0, 0.1) is 40.9 Å². The minimum absolute atomic E-state index is 0.622. The molecule has 0 amide bonds. The largest absolute Gasteiger partial charge is 0.0654 e. The van der Waals surface area contributed by atoms with Gasteiger partial charge in [0.1, 0.15) is 0 Å². The molecule has 0 aromatic rings. The van der Waals surface area contributed by atoms with E-state index in [2.05, 4.69) is 27.7 Å². The number of rotatable bonds is 6. The molecule has 0 radical (unpaired) electrons. The molecule has 0 heterocycles. The van der Waals surface area contributed by atoms with Crippen molar-refractivity contribution in [3.05, 3.63) is 0 Å². The Balaban J connectivity index is 1.76. The van der Waals surface area contributed by atoms with Crippen LogP contribution in [0.3, 0.4) is 0 Å². The van der Waals surface area contributed by atoms with E-state index in [4.69, 9.17) is 0 Å². The topological polar surface area (TPSA) is 0 Å². The number of hydrogen-bond donors (Lipinski definition) is 0. The van der Waals surface area contributed by atoms with Gasteiger partial charge in [-0.2, -0.15) is 0 Å². The average molecular weight is 305 g/mol. The van der Waals surface area contributed by atoms with Gasteiger partial charge >= 0.3 is 0 Å². The van der Waals surface area contributed by atoms with E-state index in [9.17, 15) is 0 Å². The zero-order valence-electron chi connectivity index (χ0n) is 15.7. The van der Waals surface area contributed by atoms with Crippen LogP contribution < -0.4 is 0 Å². The lowest BCUT2D eigenvalue weighted by atomic mass is 9.52. The lowest BCUT2D eigenvalue weighted by Gasteiger charge is -2.53. The van der Waals surface area contributed by atoms with Crippen LogP contribution in [-0.4, -0.2) is 0 Å². The van der Waals surface area contributed by atoms with Gasteiger partial charge in [-0.05, 0) is 73.0 Å².